The summed E-state index contributed by atoms with van der Waals surface area (Å²) in [7, 11) is 1.57. The summed E-state index contributed by atoms with van der Waals surface area (Å²) >= 11 is 0. The third kappa shape index (κ3) is 2.98. The summed E-state index contributed by atoms with van der Waals surface area (Å²) in [5.74, 6) is 1.62. The van der Waals surface area contributed by atoms with Crippen molar-refractivity contribution in [1.29, 1.82) is 0 Å². The van der Waals surface area contributed by atoms with E-state index in [9.17, 15) is 4.79 Å². The summed E-state index contributed by atoms with van der Waals surface area (Å²) in [5.41, 5.74) is 2.39. The molecule has 0 bridgehead atoms. The molecule has 0 saturated carbocycles. The molecule has 2 aromatic heterocycles. The van der Waals surface area contributed by atoms with Gasteiger partial charge in [0.25, 0.3) is 11.7 Å². The first kappa shape index (κ1) is 15.0. The molecule has 2 heterocycles. The molecule has 7 heteroatoms. The normalized spacial score (nSPS) is 10.7. The molecule has 1 N–H and O–H groups in total. The number of nitrogens with zero attached hydrogens (tertiary/aromatic N) is 4. The number of carbonyl (C=O) groups is 1. The first-order valence-corrected chi connectivity index (χ1v) is 7.19. The molecule has 3 rings (SSSR count). The van der Waals surface area contributed by atoms with Gasteiger partial charge in [0.2, 0.25) is 0 Å². The van der Waals surface area contributed by atoms with Gasteiger partial charge in [0.15, 0.2) is 5.82 Å². The molecule has 1 aromatic carbocycles. The molecular formula is C16H17N5O2. The van der Waals surface area contributed by atoms with Crippen LogP contribution in [-0.2, 0) is 6.54 Å². The minimum atomic E-state index is -0.196. The number of methoxy groups -OCH3 is 1. The second kappa shape index (κ2) is 6.04. The molecule has 0 aliphatic carbocycles. The molecule has 23 heavy (non-hydrogen) atoms. The molecule has 0 radical (unpaired) electrons. The van der Waals surface area contributed by atoms with Gasteiger partial charge >= 0.3 is 0 Å². The summed E-state index contributed by atoms with van der Waals surface area (Å²) < 4.78 is 6.96. The third-order valence-electron chi connectivity index (χ3n) is 3.50. The van der Waals surface area contributed by atoms with Gasteiger partial charge in [-0.2, -0.15) is 0 Å². The zero-order valence-corrected chi connectivity index (χ0v) is 13.2. The number of aromatic nitrogens is 4. The fraction of sp³-hybridized carbons (Fsp3) is 0.250. The van der Waals surface area contributed by atoms with Crippen molar-refractivity contribution in [2.24, 2.45) is 0 Å². The Hall–Kier alpha value is -2.96. The van der Waals surface area contributed by atoms with Crippen LogP contribution in [0.1, 0.15) is 27.6 Å². The lowest BCUT2D eigenvalue weighted by Crippen LogP contribution is -2.24. The van der Waals surface area contributed by atoms with Gasteiger partial charge in [0.05, 0.1) is 13.7 Å². The van der Waals surface area contributed by atoms with Crippen molar-refractivity contribution in [3.8, 4) is 5.75 Å². The number of amides is 1. The van der Waals surface area contributed by atoms with Crippen LogP contribution in [0.15, 0.2) is 30.3 Å². The summed E-state index contributed by atoms with van der Waals surface area (Å²) in [6.45, 7) is 4.13. The van der Waals surface area contributed by atoms with Crippen molar-refractivity contribution in [1.82, 2.24) is 24.9 Å². The van der Waals surface area contributed by atoms with Crippen LogP contribution in [0, 0.1) is 13.8 Å². The fourth-order valence-corrected chi connectivity index (χ4v) is 2.44. The van der Waals surface area contributed by atoms with E-state index in [1.165, 1.54) is 0 Å². The predicted molar refractivity (Wildman–Crippen MR) is 84.4 cm³/mol. The van der Waals surface area contributed by atoms with Crippen LogP contribution in [-0.4, -0.2) is 32.6 Å². The van der Waals surface area contributed by atoms with E-state index in [1.807, 2.05) is 24.3 Å². The average molecular weight is 311 g/mol. The van der Waals surface area contributed by atoms with Crippen molar-refractivity contribution in [3.63, 3.8) is 0 Å². The Morgan fingerprint density at radius 1 is 1.26 bits per heavy atom. The topological polar surface area (TPSA) is 81.4 Å². The van der Waals surface area contributed by atoms with Gasteiger partial charge in [0, 0.05) is 17.0 Å². The van der Waals surface area contributed by atoms with E-state index in [-0.39, 0.29) is 12.5 Å². The second-order valence-corrected chi connectivity index (χ2v) is 5.21. The number of rotatable bonds is 4. The number of benzene rings is 1. The van der Waals surface area contributed by atoms with Crippen LogP contribution in [0.4, 0.5) is 0 Å². The zero-order chi connectivity index (χ0) is 16.4. The molecule has 7 nitrogen and oxygen atoms in total. The van der Waals surface area contributed by atoms with Crippen LogP contribution in [0.2, 0.25) is 0 Å². The van der Waals surface area contributed by atoms with Gasteiger partial charge in [-0.1, -0.05) is 6.07 Å². The first-order chi connectivity index (χ1) is 11.1. The summed E-state index contributed by atoms with van der Waals surface area (Å²) in [5, 5.41) is 11.0. The quantitative estimate of drug-likeness (QED) is 0.793. The van der Waals surface area contributed by atoms with E-state index in [0.29, 0.717) is 22.9 Å². The Kier molecular flexibility index (Phi) is 3.92. The largest absolute Gasteiger partial charge is 0.497 e. The molecule has 0 aliphatic heterocycles. The van der Waals surface area contributed by atoms with Crippen molar-refractivity contribution in [2.45, 2.75) is 20.4 Å². The van der Waals surface area contributed by atoms with Gasteiger partial charge in [-0.05, 0) is 38.1 Å². The van der Waals surface area contributed by atoms with Crippen LogP contribution in [0.3, 0.4) is 0 Å². The van der Waals surface area contributed by atoms with Crippen molar-refractivity contribution in [2.75, 3.05) is 7.11 Å². The fourth-order valence-electron chi connectivity index (χ4n) is 2.44. The lowest BCUT2D eigenvalue weighted by atomic mass is 10.2. The van der Waals surface area contributed by atoms with Crippen molar-refractivity contribution >= 4 is 11.7 Å². The van der Waals surface area contributed by atoms with Crippen molar-refractivity contribution in [3.05, 3.63) is 53.1 Å². The Balaban J connectivity index is 1.79. The summed E-state index contributed by atoms with van der Waals surface area (Å²) in [6, 6.07) is 8.93. The Morgan fingerprint density at radius 3 is 2.87 bits per heavy atom. The van der Waals surface area contributed by atoms with E-state index in [4.69, 9.17) is 4.74 Å². The molecule has 0 unspecified atom stereocenters. The molecule has 0 spiro atoms. The number of aryl methyl sites for hydroxylation is 2. The monoisotopic (exact) mass is 311 g/mol. The van der Waals surface area contributed by atoms with Gasteiger partial charge in [-0.3, -0.25) is 9.20 Å². The Labute approximate surface area is 133 Å². The number of hydrogen-bond acceptors (Lipinski definition) is 5. The molecule has 3 aromatic rings. The van der Waals surface area contributed by atoms with Crippen LogP contribution >= 0.6 is 0 Å². The second-order valence-electron chi connectivity index (χ2n) is 5.21. The smallest absolute Gasteiger partial charge is 0.255 e. The van der Waals surface area contributed by atoms with Crippen LogP contribution < -0.4 is 10.1 Å². The van der Waals surface area contributed by atoms with Gasteiger partial charge < -0.3 is 10.1 Å². The SMILES string of the molecule is COc1cccc(C(=O)NCc2nnc3nc(C)cc(C)n23)c1. The first-order valence-electron chi connectivity index (χ1n) is 7.19. The number of ether oxygens (including phenoxy) is 1. The molecular weight excluding hydrogens is 294 g/mol. The summed E-state index contributed by atoms with van der Waals surface area (Å²) in [6.07, 6.45) is 0. The molecule has 118 valence electrons. The van der Waals surface area contributed by atoms with Gasteiger partial charge in [0.1, 0.15) is 5.75 Å². The van der Waals surface area contributed by atoms with Gasteiger partial charge in [-0.25, -0.2) is 4.98 Å². The number of fused-ring (bicyclic) bond motifs is 1. The molecule has 0 saturated heterocycles. The Bertz CT molecular complexity index is 872. The molecule has 0 aliphatic rings. The number of hydrogen-bond donors (Lipinski definition) is 1. The van der Waals surface area contributed by atoms with E-state index < -0.39 is 0 Å². The average Bonchev–Trinajstić information content (AvgIpc) is 2.95. The highest BCUT2D eigenvalue weighted by molar-refractivity contribution is 5.94. The zero-order valence-electron chi connectivity index (χ0n) is 13.2. The van der Waals surface area contributed by atoms with Crippen LogP contribution in [0.5, 0.6) is 5.75 Å². The Morgan fingerprint density at radius 2 is 2.09 bits per heavy atom. The molecule has 1 amide bonds. The molecule has 0 fully saturated rings. The highest BCUT2D eigenvalue weighted by Gasteiger charge is 2.12. The minimum Gasteiger partial charge on any atom is -0.497 e. The third-order valence-corrected chi connectivity index (χ3v) is 3.50. The van der Waals surface area contributed by atoms with E-state index >= 15 is 0 Å². The van der Waals surface area contributed by atoms with Gasteiger partial charge in [-0.15, -0.1) is 10.2 Å². The van der Waals surface area contributed by atoms with E-state index in [1.54, 1.807) is 31.4 Å². The minimum absolute atomic E-state index is 0.196. The lowest BCUT2D eigenvalue weighted by Gasteiger charge is -2.07. The molecule has 0 atom stereocenters. The van der Waals surface area contributed by atoms with Crippen LogP contribution in [0.25, 0.3) is 5.78 Å². The van der Waals surface area contributed by atoms with E-state index in [0.717, 1.165) is 11.4 Å². The highest BCUT2D eigenvalue weighted by Crippen LogP contribution is 2.13. The predicted octanol–water partition coefficient (Wildman–Crippen LogP) is 1.68. The lowest BCUT2D eigenvalue weighted by molar-refractivity contribution is 0.0949. The summed E-state index contributed by atoms with van der Waals surface area (Å²) in [4.78, 5) is 16.6. The number of nitrogens with one attached hydrogen (secondary N) is 1. The highest BCUT2D eigenvalue weighted by atomic mass is 16.5. The maximum atomic E-state index is 12.2. The standard InChI is InChI=1S/C16H17N5O2/c1-10-7-11(2)21-14(19-20-16(21)18-10)9-17-15(22)12-5-4-6-13(8-12)23-3/h4-8H,9H2,1-3H3,(H,17,22). The van der Waals surface area contributed by atoms with Crippen molar-refractivity contribution < 1.29 is 9.53 Å². The maximum absolute atomic E-state index is 12.2. The van der Waals surface area contributed by atoms with E-state index in [2.05, 4.69) is 20.5 Å². The maximum Gasteiger partial charge on any atom is 0.255 e. The number of carbonyl (C=O) groups excluding carboxylic acids is 1.